The van der Waals surface area contributed by atoms with Gasteiger partial charge in [0.05, 0.1) is 0 Å². The van der Waals surface area contributed by atoms with Gasteiger partial charge in [-0.05, 0) is 52.7 Å². The Morgan fingerprint density at radius 3 is 2.50 bits per heavy atom. The van der Waals surface area contributed by atoms with E-state index in [2.05, 4.69) is 26.4 Å². The van der Waals surface area contributed by atoms with E-state index in [4.69, 9.17) is 0 Å². The molecule has 1 fully saturated rings. The molecular formula is C18H26N6O2. The van der Waals surface area contributed by atoms with Crippen LogP contribution in [0, 0.1) is 13.8 Å². The fourth-order valence-corrected chi connectivity index (χ4v) is 4.08. The molecule has 4 rings (SSSR count). The Kier molecular flexibility index (Phi) is 4.22. The molecule has 140 valence electrons. The predicted molar refractivity (Wildman–Crippen MR) is 101 cm³/mol. The van der Waals surface area contributed by atoms with E-state index in [1.54, 1.807) is 7.05 Å². The molecule has 1 N–H and O–H groups in total. The van der Waals surface area contributed by atoms with Crippen LogP contribution in [-0.2, 0) is 13.6 Å². The number of hydrogen-bond acceptors (Lipinski definition) is 4. The maximum Gasteiger partial charge on any atom is 0.329 e. The van der Waals surface area contributed by atoms with E-state index in [1.165, 1.54) is 36.9 Å². The lowest BCUT2D eigenvalue weighted by atomic mass is 10.1. The molecule has 1 aliphatic heterocycles. The summed E-state index contributed by atoms with van der Waals surface area (Å²) in [4.78, 5) is 33.8. The van der Waals surface area contributed by atoms with Gasteiger partial charge in [-0.2, -0.15) is 4.98 Å². The van der Waals surface area contributed by atoms with Gasteiger partial charge in [0.2, 0.25) is 5.78 Å². The second kappa shape index (κ2) is 6.42. The number of aromatic amines is 1. The van der Waals surface area contributed by atoms with Crippen molar-refractivity contribution in [3.8, 4) is 0 Å². The van der Waals surface area contributed by atoms with E-state index < -0.39 is 5.69 Å². The van der Waals surface area contributed by atoms with Gasteiger partial charge in [-0.25, -0.2) is 4.79 Å². The van der Waals surface area contributed by atoms with Gasteiger partial charge in [0.15, 0.2) is 11.2 Å². The zero-order valence-electron chi connectivity index (χ0n) is 15.7. The maximum absolute atomic E-state index is 12.4. The first-order chi connectivity index (χ1) is 12.5. The van der Waals surface area contributed by atoms with Crippen molar-refractivity contribution in [2.24, 2.45) is 7.05 Å². The normalized spacial score (nSPS) is 16.1. The number of fused-ring (bicyclic) bond motifs is 3. The first-order valence-electron chi connectivity index (χ1n) is 9.38. The van der Waals surface area contributed by atoms with E-state index in [0.717, 1.165) is 36.7 Å². The molecule has 26 heavy (non-hydrogen) atoms. The van der Waals surface area contributed by atoms with Crippen molar-refractivity contribution in [1.29, 1.82) is 0 Å². The van der Waals surface area contributed by atoms with Crippen molar-refractivity contribution in [1.82, 2.24) is 28.4 Å². The summed E-state index contributed by atoms with van der Waals surface area (Å²) in [5, 5.41) is 0. The van der Waals surface area contributed by atoms with Crippen LogP contribution in [0.3, 0.4) is 0 Å². The standard InChI is InChI=1S/C18H26N6O2/c1-12-13(2)24-14-15(21(3)18(26)20-16(14)25)19-17(24)23(12)11-7-10-22-8-5-4-6-9-22/h4-11H2,1-3H3,(H,20,25,26). The highest BCUT2D eigenvalue weighted by atomic mass is 16.2. The van der Waals surface area contributed by atoms with Gasteiger partial charge in [0.1, 0.15) is 0 Å². The predicted octanol–water partition coefficient (Wildman–Crippen LogP) is 1.17. The van der Waals surface area contributed by atoms with Gasteiger partial charge in [0.25, 0.3) is 5.56 Å². The topological polar surface area (TPSA) is 80.3 Å². The van der Waals surface area contributed by atoms with Crippen LogP contribution in [0.15, 0.2) is 9.59 Å². The summed E-state index contributed by atoms with van der Waals surface area (Å²) in [7, 11) is 1.63. The van der Waals surface area contributed by atoms with E-state index >= 15 is 0 Å². The van der Waals surface area contributed by atoms with Crippen molar-refractivity contribution in [3.63, 3.8) is 0 Å². The minimum Gasteiger partial charge on any atom is -0.314 e. The van der Waals surface area contributed by atoms with Crippen LogP contribution in [0.25, 0.3) is 16.9 Å². The fourth-order valence-electron chi connectivity index (χ4n) is 4.08. The Morgan fingerprint density at radius 1 is 1.04 bits per heavy atom. The van der Waals surface area contributed by atoms with E-state index in [9.17, 15) is 9.59 Å². The largest absolute Gasteiger partial charge is 0.329 e. The second-order valence-corrected chi connectivity index (χ2v) is 7.32. The molecule has 0 aromatic carbocycles. The van der Waals surface area contributed by atoms with Crippen LogP contribution in [0.1, 0.15) is 37.1 Å². The molecular weight excluding hydrogens is 332 g/mol. The number of H-pyrrole nitrogens is 1. The Balaban J connectivity index is 1.73. The van der Waals surface area contributed by atoms with Crippen LogP contribution in [-0.4, -0.2) is 48.0 Å². The summed E-state index contributed by atoms with van der Waals surface area (Å²) < 4.78 is 5.45. The van der Waals surface area contributed by atoms with Crippen molar-refractivity contribution in [3.05, 3.63) is 32.2 Å². The average molecular weight is 358 g/mol. The van der Waals surface area contributed by atoms with Crippen molar-refractivity contribution >= 4 is 16.9 Å². The molecule has 0 radical (unpaired) electrons. The zero-order valence-corrected chi connectivity index (χ0v) is 15.7. The van der Waals surface area contributed by atoms with Crippen molar-refractivity contribution < 1.29 is 0 Å². The third-order valence-electron chi connectivity index (χ3n) is 5.71. The van der Waals surface area contributed by atoms with E-state index in [-0.39, 0.29) is 5.56 Å². The van der Waals surface area contributed by atoms with Crippen molar-refractivity contribution in [2.45, 2.75) is 46.1 Å². The number of hydrogen-bond donors (Lipinski definition) is 1. The number of likely N-dealkylation sites (tertiary alicyclic amines) is 1. The number of rotatable bonds is 4. The maximum atomic E-state index is 12.4. The lowest BCUT2D eigenvalue weighted by Crippen LogP contribution is -2.31. The van der Waals surface area contributed by atoms with Crippen LogP contribution < -0.4 is 11.2 Å². The highest BCUT2D eigenvalue weighted by Crippen LogP contribution is 2.21. The molecule has 8 nitrogen and oxygen atoms in total. The SMILES string of the molecule is Cc1c(C)n2c3c(=O)[nH]c(=O)n(C)c3nc2n1CCCN1CCCCC1. The molecule has 1 saturated heterocycles. The Labute approximate surface area is 151 Å². The second-order valence-electron chi connectivity index (χ2n) is 7.32. The molecule has 1 aliphatic rings. The third-order valence-corrected chi connectivity index (χ3v) is 5.71. The Morgan fingerprint density at radius 2 is 1.77 bits per heavy atom. The number of piperidine rings is 1. The number of nitrogens with zero attached hydrogens (tertiary/aromatic N) is 5. The monoisotopic (exact) mass is 358 g/mol. The fraction of sp³-hybridized carbons (Fsp3) is 0.611. The Bertz CT molecular complexity index is 1080. The van der Waals surface area contributed by atoms with E-state index in [0.29, 0.717) is 11.2 Å². The van der Waals surface area contributed by atoms with Gasteiger partial charge >= 0.3 is 5.69 Å². The highest BCUT2D eigenvalue weighted by Gasteiger charge is 2.20. The van der Waals surface area contributed by atoms with Gasteiger partial charge in [-0.3, -0.25) is 18.7 Å². The Hall–Kier alpha value is -2.35. The first-order valence-corrected chi connectivity index (χ1v) is 9.38. The molecule has 0 unspecified atom stereocenters. The lowest BCUT2D eigenvalue weighted by Gasteiger charge is -2.26. The summed E-state index contributed by atoms with van der Waals surface area (Å²) in [6, 6.07) is 0. The molecule has 3 aromatic heterocycles. The minimum absolute atomic E-state index is 0.385. The molecule has 0 saturated carbocycles. The summed E-state index contributed by atoms with van der Waals surface area (Å²) in [6.45, 7) is 8.40. The highest BCUT2D eigenvalue weighted by molar-refractivity contribution is 5.76. The third kappa shape index (κ3) is 2.59. The summed E-state index contributed by atoms with van der Waals surface area (Å²) in [6.07, 6.45) is 4.99. The van der Waals surface area contributed by atoms with Crippen LogP contribution in [0.5, 0.6) is 0 Å². The number of aryl methyl sites for hydroxylation is 3. The van der Waals surface area contributed by atoms with Gasteiger partial charge in [0, 0.05) is 25.0 Å². The summed E-state index contributed by atoms with van der Waals surface area (Å²) in [5.41, 5.74) is 2.16. The first kappa shape index (κ1) is 17.1. The molecule has 0 atom stereocenters. The van der Waals surface area contributed by atoms with Gasteiger partial charge in [-0.15, -0.1) is 0 Å². The van der Waals surface area contributed by atoms with Crippen LogP contribution in [0.2, 0.25) is 0 Å². The molecule has 0 amide bonds. The van der Waals surface area contributed by atoms with Gasteiger partial charge in [-0.1, -0.05) is 6.42 Å². The van der Waals surface area contributed by atoms with Crippen molar-refractivity contribution in [2.75, 3.05) is 19.6 Å². The molecule has 8 heteroatoms. The molecule has 0 aliphatic carbocycles. The summed E-state index contributed by atoms with van der Waals surface area (Å²) >= 11 is 0. The zero-order chi connectivity index (χ0) is 18.4. The van der Waals surface area contributed by atoms with E-state index in [1.807, 2.05) is 11.3 Å². The number of aromatic nitrogens is 5. The summed E-state index contributed by atoms with van der Waals surface area (Å²) in [5.74, 6) is 0.736. The minimum atomic E-state index is -0.436. The number of imidazole rings is 2. The number of nitrogens with one attached hydrogen (secondary N) is 1. The average Bonchev–Trinajstić information content (AvgIpc) is 3.13. The quantitative estimate of drug-likeness (QED) is 0.759. The van der Waals surface area contributed by atoms with Crippen LogP contribution in [0.4, 0.5) is 0 Å². The lowest BCUT2D eigenvalue weighted by molar-refractivity contribution is 0.223. The molecule has 3 aromatic rings. The smallest absolute Gasteiger partial charge is 0.314 e. The molecule has 0 spiro atoms. The molecule has 4 heterocycles. The molecule has 0 bridgehead atoms. The van der Waals surface area contributed by atoms with Crippen LogP contribution >= 0.6 is 0 Å². The van der Waals surface area contributed by atoms with Gasteiger partial charge < -0.3 is 9.47 Å².